The fourth-order valence-electron chi connectivity index (χ4n) is 4.26. The number of fused-ring (bicyclic) bond motifs is 3. The predicted octanol–water partition coefficient (Wildman–Crippen LogP) is 4.79. The van der Waals surface area contributed by atoms with Crippen molar-refractivity contribution in [2.75, 3.05) is 6.61 Å². The van der Waals surface area contributed by atoms with Crippen molar-refractivity contribution >= 4 is 45.1 Å². The Morgan fingerprint density at radius 2 is 2.06 bits per heavy atom. The molecule has 3 aromatic heterocycles. The summed E-state index contributed by atoms with van der Waals surface area (Å²) in [5.41, 5.74) is 1.42. The Labute approximate surface area is 198 Å². The monoisotopic (exact) mass is 482 g/mol. The Morgan fingerprint density at radius 3 is 2.94 bits per heavy atom. The van der Waals surface area contributed by atoms with Gasteiger partial charge in [0.25, 0.3) is 0 Å². The summed E-state index contributed by atoms with van der Waals surface area (Å²) in [7, 11) is 0. The Bertz CT molecular complexity index is 1240. The van der Waals surface area contributed by atoms with Crippen LogP contribution in [-0.4, -0.2) is 42.9 Å². The molecule has 0 bridgehead atoms. The van der Waals surface area contributed by atoms with Gasteiger partial charge >= 0.3 is 0 Å². The van der Waals surface area contributed by atoms with Crippen molar-refractivity contribution in [1.82, 2.24) is 30.2 Å². The third-order valence-corrected chi connectivity index (χ3v) is 8.93. The topological polar surface area (TPSA) is 78.6 Å². The highest BCUT2D eigenvalue weighted by molar-refractivity contribution is 7.99. The number of benzene rings is 1. The third kappa shape index (κ3) is 4.16. The zero-order valence-electron chi connectivity index (χ0n) is 17.4. The third-order valence-electron chi connectivity index (χ3n) is 5.78. The largest absolute Gasteiger partial charge is 0.376 e. The van der Waals surface area contributed by atoms with Crippen molar-refractivity contribution in [3.05, 3.63) is 46.6 Å². The van der Waals surface area contributed by atoms with Crippen LogP contribution in [0.1, 0.15) is 35.5 Å². The van der Waals surface area contributed by atoms with E-state index >= 15 is 0 Å². The summed E-state index contributed by atoms with van der Waals surface area (Å²) >= 11 is 5.15. The molecule has 0 N–H and O–H groups in total. The van der Waals surface area contributed by atoms with Crippen molar-refractivity contribution in [3.8, 4) is 0 Å². The van der Waals surface area contributed by atoms with Gasteiger partial charge in [-0.1, -0.05) is 18.2 Å². The second kappa shape index (κ2) is 9.09. The number of ether oxygens (including phenoxy) is 1. The molecule has 1 atom stereocenters. The molecule has 0 amide bonds. The lowest BCUT2D eigenvalue weighted by Gasteiger charge is -2.11. The van der Waals surface area contributed by atoms with E-state index in [2.05, 4.69) is 39.8 Å². The maximum atomic E-state index is 5.79. The molecule has 1 aliphatic carbocycles. The Hall–Kier alpha value is -2.01. The quantitative estimate of drug-likeness (QED) is 0.275. The van der Waals surface area contributed by atoms with Crippen LogP contribution in [0.5, 0.6) is 0 Å². The van der Waals surface area contributed by atoms with Crippen LogP contribution in [0.3, 0.4) is 0 Å². The lowest BCUT2D eigenvalue weighted by molar-refractivity contribution is 0.0912. The van der Waals surface area contributed by atoms with Gasteiger partial charge in [0.05, 0.1) is 18.4 Å². The number of aromatic nitrogens is 6. The molecule has 1 saturated heterocycles. The van der Waals surface area contributed by atoms with E-state index in [1.807, 2.05) is 22.1 Å². The summed E-state index contributed by atoms with van der Waals surface area (Å²) in [6.45, 7) is 1.51. The van der Waals surface area contributed by atoms with E-state index in [4.69, 9.17) is 14.7 Å². The van der Waals surface area contributed by atoms with E-state index in [1.54, 1.807) is 23.5 Å². The summed E-state index contributed by atoms with van der Waals surface area (Å²) in [5.74, 6) is 1.59. The smallest absolute Gasteiger partial charge is 0.215 e. The number of rotatable bonds is 7. The molecule has 0 saturated carbocycles. The average molecular weight is 483 g/mol. The summed E-state index contributed by atoms with van der Waals surface area (Å²) in [5, 5.41) is 15.4. The first-order valence-electron chi connectivity index (χ1n) is 10.9. The number of thioether (sulfide) groups is 1. The van der Waals surface area contributed by atoms with Crippen LogP contribution < -0.4 is 0 Å². The minimum atomic E-state index is 0.187. The van der Waals surface area contributed by atoms with Crippen molar-refractivity contribution in [1.29, 1.82) is 0 Å². The van der Waals surface area contributed by atoms with Crippen LogP contribution in [0.25, 0.3) is 10.2 Å². The van der Waals surface area contributed by atoms with Gasteiger partial charge in [0.15, 0.2) is 0 Å². The maximum absolute atomic E-state index is 5.79. The van der Waals surface area contributed by atoms with E-state index in [-0.39, 0.29) is 6.10 Å². The van der Waals surface area contributed by atoms with E-state index in [0.717, 1.165) is 58.9 Å². The first kappa shape index (κ1) is 20.6. The summed E-state index contributed by atoms with van der Waals surface area (Å²) in [6.07, 6.45) is 5.80. The lowest BCUT2D eigenvalue weighted by Crippen LogP contribution is -2.16. The molecule has 1 aromatic carbocycles. The molecule has 1 aliphatic heterocycles. The molecular formula is C22H22N6OS3. The molecule has 4 heterocycles. The van der Waals surface area contributed by atoms with Crippen LogP contribution >= 0.6 is 34.9 Å². The van der Waals surface area contributed by atoms with E-state index in [1.165, 1.54) is 27.1 Å². The zero-order valence-corrected chi connectivity index (χ0v) is 19.9. The second-order valence-electron chi connectivity index (χ2n) is 7.96. The molecule has 7 nitrogen and oxygen atoms in total. The van der Waals surface area contributed by atoms with Gasteiger partial charge in [-0.25, -0.2) is 14.6 Å². The summed E-state index contributed by atoms with van der Waals surface area (Å²) in [6, 6.07) is 10.4. The Kier molecular flexibility index (Phi) is 5.85. The Balaban J connectivity index is 1.33. The van der Waals surface area contributed by atoms with Gasteiger partial charge in [0.1, 0.15) is 15.7 Å². The summed E-state index contributed by atoms with van der Waals surface area (Å²) < 4.78 is 7.65. The highest BCUT2D eigenvalue weighted by Crippen LogP contribution is 2.42. The van der Waals surface area contributed by atoms with Gasteiger partial charge in [0, 0.05) is 21.8 Å². The molecular weight excluding hydrogens is 460 g/mol. The fraction of sp³-hybridized carbons (Fsp3) is 0.409. The number of nitrogens with zero attached hydrogens (tertiary/aromatic N) is 6. The highest BCUT2D eigenvalue weighted by Gasteiger charge is 2.25. The van der Waals surface area contributed by atoms with Crippen molar-refractivity contribution in [2.24, 2.45) is 0 Å². The molecule has 4 aromatic rings. The molecule has 0 spiro atoms. The summed E-state index contributed by atoms with van der Waals surface area (Å²) in [4.78, 5) is 13.7. The molecule has 10 heteroatoms. The van der Waals surface area contributed by atoms with Crippen molar-refractivity contribution in [2.45, 2.75) is 65.6 Å². The van der Waals surface area contributed by atoms with Crippen LogP contribution in [-0.2, 0) is 29.9 Å². The second-order valence-corrected chi connectivity index (χ2v) is 11.1. The molecule has 0 radical (unpaired) electrons. The SMILES string of the molecule is c1ccc(SCc2nc(Sc3nnnn3CC3CCCO3)c3c4c(sc3n2)CCC4)cc1. The van der Waals surface area contributed by atoms with Gasteiger partial charge < -0.3 is 4.74 Å². The predicted molar refractivity (Wildman–Crippen MR) is 126 cm³/mol. The normalized spacial score (nSPS) is 17.9. The number of thiophene rings is 1. The van der Waals surface area contributed by atoms with Crippen LogP contribution in [0.2, 0.25) is 0 Å². The molecule has 1 fully saturated rings. The van der Waals surface area contributed by atoms with Gasteiger partial charge in [-0.3, -0.25) is 0 Å². The minimum Gasteiger partial charge on any atom is -0.376 e. The number of hydrogen-bond donors (Lipinski definition) is 0. The lowest BCUT2D eigenvalue weighted by atomic mass is 10.2. The van der Waals surface area contributed by atoms with Gasteiger partial charge in [-0.15, -0.1) is 28.2 Å². The number of aryl methyl sites for hydroxylation is 2. The van der Waals surface area contributed by atoms with Crippen LogP contribution in [0.15, 0.2) is 45.4 Å². The van der Waals surface area contributed by atoms with Crippen LogP contribution in [0, 0.1) is 0 Å². The van der Waals surface area contributed by atoms with E-state index < -0.39 is 0 Å². The number of hydrogen-bond acceptors (Lipinski definition) is 9. The molecule has 2 aliphatic rings. The van der Waals surface area contributed by atoms with E-state index in [9.17, 15) is 0 Å². The van der Waals surface area contributed by atoms with E-state index in [0.29, 0.717) is 6.54 Å². The average Bonchev–Trinajstić information content (AvgIpc) is 3.59. The number of tetrazole rings is 1. The molecule has 6 rings (SSSR count). The molecule has 32 heavy (non-hydrogen) atoms. The highest BCUT2D eigenvalue weighted by atomic mass is 32.2. The standard InChI is InChI=1S/C22H22N6OS3/c1-2-7-15(8-3-1)30-13-18-23-20-19(16-9-4-10-17(16)31-20)21(24-18)32-22-25-26-27-28(22)12-14-6-5-11-29-14/h1-3,7-8,14H,4-6,9-13H2. The molecule has 1 unspecified atom stereocenters. The van der Waals surface area contributed by atoms with Gasteiger partial charge in [-0.05, 0) is 72.0 Å². The first-order valence-corrected chi connectivity index (χ1v) is 13.5. The minimum absolute atomic E-state index is 0.187. The maximum Gasteiger partial charge on any atom is 0.215 e. The van der Waals surface area contributed by atoms with Crippen molar-refractivity contribution in [3.63, 3.8) is 0 Å². The van der Waals surface area contributed by atoms with Gasteiger partial charge in [0.2, 0.25) is 5.16 Å². The van der Waals surface area contributed by atoms with Gasteiger partial charge in [-0.2, -0.15) is 0 Å². The fourth-order valence-corrected chi connectivity index (χ4v) is 7.32. The van der Waals surface area contributed by atoms with Crippen LogP contribution in [0.4, 0.5) is 0 Å². The molecule has 164 valence electrons. The zero-order chi connectivity index (χ0) is 21.3. The first-order chi connectivity index (χ1) is 15.8. The Morgan fingerprint density at radius 1 is 1.12 bits per heavy atom. The van der Waals surface area contributed by atoms with Crippen molar-refractivity contribution < 1.29 is 4.74 Å².